The Hall–Kier alpha value is -3.46. The van der Waals surface area contributed by atoms with Crippen LogP contribution < -0.4 is 9.64 Å². The lowest BCUT2D eigenvalue weighted by molar-refractivity contribution is -0.945. The zero-order valence-electron chi connectivity index (χ0n) is 17.2. The minimum absolute atomic E-state index is 0.0385. The first-order chi connectivity index (χ1) is 14.7. The largest absolute Gasteiger partial charge is 0.497 e. The van der Waals surface area contributed by atoms with Gasteiger partial charge >= 0.3 is 0 Å². The second kappa shape index (κ2) is 8.91. The van der Waals surface area contributed by atoms with E-state index < -0.39 is 0 Å². The van der Waals surface area contributed by atoms with Gasteiger partial charge in [-0.3, -0.25) is 0 Å². The van der Waals surface area contributed by atoms with E-state index in [1.165, 1.54) is 4.90 Å². The summed E-state index contributed by atoms with van der Waals surface area (Å²) in [7, 11) is 1.63. The van der Waals surface area contributed by atoms with Crippen LogP contribution in [0.4, 0.5) is 0 Å². The first-order valence-corrected chi connectivity index (χ1v) is 9.86. The molecule has 0 saturated carbocycles. The van der Waals surface area contributed by atoms with Gasteiger partial charge in [-0.05, 0) is 49.7 Å². The van der Waals surface area contributed by atoms with Crippen molar-refractivity contribution < 1.29 is 22.9 Å². The molecule has 9 heteroatoms. The molecule has 1 unspecified atom stereocenters. The average Bonchev–Trinajstić information content (AvgIpc) is 3.54. The van der Waals surface area contributed by atoms with E-state index in [1.54, 1.807) is 25.5 Å². The van der Waals surface area contributed by atoms with E-state index in [0.717, 1.165) is 24.3 Å². The maximum absolute atomic E-state index is 5.97. The van der Waals surface area contributed by atoms with Gasteiger partial charge in [0.2, 0.25) is 5.89 Å². The van der Waals surface area contributed by atoms with Gasteiger partial charge in [0.25, 0.3) is 17.7 Å². The van der Waals surface area contributed by atoms with Gasteiger partial charge in [0.15, 0.2) is 18.3 Å². The zero-order valence-corrected chi connectivity index (χ0v) is 17.2. The van der Waals surface area contributed by atoms with Gasteiger partial charge in [-0.2, -0.15) is 0 Å². The molecule has 30 heavy (non-hydrogen) atoms. The van der Waals surface area contributed by atoms with Crippen LogP contribution in [-0.2, 0) is 6.54 Å². The van der Waals surface area contributed by atoms with E-state index in [-0.39, 0.29) is 6.04 Å². The number of hydrogen-bond donors (Lipinski definition) is 1. The molecular formula is C21H24N5O4+. The summed E-state index contributed by atoms with van der Waals surface area (Å²) in [5.41, 5.74) is 0.846. The van der Waals surface area contributed by atoms with E-state index >= 15 is 0 Å². The third kappa shape index (κ3) is 4.25. The van der Waals surface area contributed by atoms with Crippen LogP contribution in [0.3, 0.4) is 0 Å². The van der Waals surface area contributed by atoms with E-state index in [1.807, 2.05) is 24.3 Å². The van der Waals surface area contributed by atoms with Crippen molar-refractivity contribution in [3.05, 3.63) is 54.4 Å². The lowest BCUT2D eigenvalue weighted by Crippen LogP contribution is -3.10. The normalized spacial score (nSPS) is 13.3. The number of ether oxygens (including phenoxy) is 1. The number of quaternary nitrogens is 1. The second-order valence-electron chi connectivity index (χ2n) is 6.96. The molecule has 0 aliphatic heterocycles. The molecule has 0 aliphatic rings. The Morgan fingerprint density at radius 1 is 1.00 bits per heavy atom. The summed E-state index contributed by atoms with van der Waals surface area (Å²) >= 11 is 0. The highest BCUT2D eigenvalue weighted by atomic mass is 16.5. The number of rotatable bonds is 9. The molecule has 0 saturated heterocycles. The van der Waals surface area contributed by atoms with Crippen molar-refractivity contribution in [2.45, 2.75) is 32.9 Å². The number of methoxy groups -OCH3 is 1. The summed E-state index contributed by atoms with van der Waals surface area (Å²) in [4.78, 5) is 1.19. The number of aromatic nitrogens is 4. The summed E-state index contributed by atoms with van der Waals surface area (Å²) in [6.07, 6.45) is 2.56. The Kier molecular flexibility index (Phi) is 5.89. The predicted molar refractivity (Wildman–Crippen MR) is 107 cm³/mol. The van der Waals surface area contributed by atoms with Gasteiger partial charge in [-0.1, -0.05) is 6.92 Å². The summed E-state index contributed by atoms with van der Waals surface area (Å²) in [5, 5.41) is 16.7. The van der Waals surface area contributed by atoms with Crippen molar-refractivity contribution in [1.29, 1.82) is 0 Å². The van der Waals surface area contributed by atoms with Gasteiger partial charge in [0, 0.05) is 5.56 Å². The molecule has 4 aromatic rings. The van der Waals surface area contributed by atoms with Crippen molar-refractivity contribution in [2.75, 3.05) is 13.7 Å². The standard InChI is InChI=1S/C21H23N5O4/c1-4-11-26(13-18-22-25-21(29-18)17-6-5-12-28-17)14(2)19-23-24-20(30-19)15-7-9-16(27-3)10-8-15/h5-10,12,14H,4,11,13H2,1-3H3/p+1/t14-/m1/s1. The van der Waals surface area contributed by atoms with Gasteiger partial charge < -0.3 is 22.9 Å². The van der Waals surface area contributed by atoms with Crippen LogP contribution in [0.1, 0.15) is 38.1 Å². The van der Waals surface area contributed by atoms with Crippen LogP contribution in [0, 0.1) is 0 Å². The fourth-order valence-electron chi connectivity index (χ4n) is 3.23. The minimum Gasteiger partial charge on any atom is -0.497 e. The highest BCUT2D eigenvalue weighted by Gasteiger charge is 2.27. The van der Waals surface area contributed by atoms with Crippen molar-refractivity contribution in [3.8, 4) is 28.9 Å². The van der Waals surface area contributed by atoms with Crippen molar-refractivity contribution in [1.82, 2.24) is 20.4 Å². The third-order valence-electron chi connectivity index (χ3n) is 4.91. The maximum Gasteiger partial charge on any atom is 0.283 e. The number of nitrogens with one attached hydrogen (secondary N) is 1. The minimum atomic E-state index is -0.0385. The lowest BCUT2D eigenvalue weighted by Gasteiger charge is -2.21. The Balaban J connectivity index is 1.49. The molecule has 0 aliphatic carbocycles. The van der Waals surface area contributed by atoms with Gasteiger partial charge in [-0.25, -0.2) is 0 Å². The van der Waals surface area contributed by atoms with Crippen molar-refractivity contribution in [3.63, 3.8) is 0 Å². The highest BCUT2D eigenvalue weighted by molar-refractivity contribution is 5.53. The zero-order chi connectivity index (χ0) is 20.9. The van der Waals surface area contributed by atoms with Gasteiger partial charge in [0.05, 0.1) is 19.9 Å². The summed E-state index contributed by atoms with van der Waals surface area (Å²) < 4.78 is 22.3. The smallest absolute Gasteiger partial charge is 0.283 e. The lowest BCUT2D eigenvalue weighted by atomic mass is 10.2. The molecule has 4 rings (SSSR count). The van der Waals surface area contributed by atoms with E-state index in [9.17, 15) is 0 Å². The molecule has 156 valence electrons. The molecule has 0 amide bonds. The number of furan rings is 1. The Morgan fingerprint density at radius 3 is 2.50 bits per heavy atom. The molecule has 2 atom stereocenters. The molecule has 1 aromatic carbocycles. The van der Waals surface area contributed by atoms with Gasteiger partial charge in [0.1, 0.15) is 5.75 Å². The topological polar surface area (TPSA) is 105 Å². The van der Waals surface area contributed by atoms with E-state index in [4.69, 9.17) is 18.0 Å². The van der Waals surface area contributed by atoms with Crippen LogP contribution in [0.2, 0.25) is 0 Å². The maximum atomic E-state index is 5.97. The number of benzene rings is 1. The van der Waals surface area contributed by atoms with Crippen LogP contribution in [0.5, 0.6) is 5.75 Å². The number of nitrogens with zero attached hydrogens (tertiary/aromatic N) is 4. The molecule has 0 radical (unpaired) electrons. The fraction of sp³-hybridized carbons (Fsp3) is 0.333. The molecular weight excluding hydrogens is 386 g/mol. The highest BCUT2D eigenvalue weighted by Crippen LogP contribution is 2.23. The molecule has 0 fully saturated rings. The van der Waals surface area contributed by atoms with E-state index in [2.05, 4.69) is 34.2 Å². The Morgan fingerprint density at radius 2 is 1.80 bits per heavy atom. The van der Waals surface area contributed by atoms with Crippen molar-refractivity contribution in [2.24, 2.45) is 0 Å². The quantitative estimate of drug-likeness (QED) is 0.449. The van der Waals surface area contributed by atoms with Crippen LogP contribution in [0.15, 0.2) is 55.9 Å². The van der Waals surface area contributed by atoms with Crippen LogP contribution >= 0.6 is 0 Å². The number of hydrogen-bond acceptors (Lipinski definition) is 8. The van der Waals surface area contributed by atoms with Crippen LogP contribution in [0.25, 0.3) is 23.1 Å². The molecule has 9 nitrogen and oxygen atoms in total. The molecule has 1 N–H and O–H groups in total. The summed E-state index contributed by atoms with van der Waals surface area (Å²) in [6.45, 7) is 5.62. The SMILES string of the molecule is CCC[NH+](Cc1nnc(-c2ccco2)o1)[C@H](C)c1nnc(-c2ccc(OC)cc2)o1. The first-order valence-electron chi connectivity index (χ1n) is 9.86. The molecule has 3 heterocycles. The fourth-order valence-corrected chi connectivity index (χ4v) is 3.23. The third-order valence-corrected chi connectivity index (χ3v) is 4.91. The Bertz CT molecular complexity index is 1060. The van der Waals surface area contributed by atoms with Gasteiger partial charge in [-0.15, -0.1) is 20.4 Å². The summed E-state index contributed by atoms with van der Waals surface area (Å²) in [5.74, 6) is 3.28. The predicted octanol–water partition coefficient (Wildman–Crippen LogP) is 2.94. The monoisotopic (exact) mass is 410 g/mol. The van der Waals surface area contributed by atoms with E-state index in [0.29, 0.717) is 35.9 Å². The molecule has 0 spiro atoms. The molecule has 3 aromatic heterocycles. The summed E-state index contributed by atoms with van der Waals surface area (Å²) in [6, 6.07) is 11.1. The second-order valence-corrected chi connectivity index (χ2v) is 6.96. The Labute approximate surface area is 173 Å². The molecule has 0 bridgehead atoms. The first kappa shape index (κ1) is 19.8. The van der Waals surface area contributed by atoms with Crippen molar-refractivity contribution >= 4 is 0 Å². The van der Waals surface area contributed by atoms with Crippen LogP contribution in [-0.4, -0.2) is 34.0 Å². The average molecular weight is 410 g/mol.